The topological polar surface area (TPSA) is 77.0 Å². The van der Waals surface area contributed by atoms with Crippen LogP contribution in [0.2, 0.25) is 0 Å². The molecule has 2 aromatic heterocycles. The fraction of sp³-hybridized carbons (Fsp3) is 0.333. The van der Waals surface area contributed by atoms with Crippen LogP contribution in [0.25, 0.3) is 0 Å². The van der Waals surface area contributed by atoms with E-state index in [4.69, 9.17) is 5.73 Å². The van der Waals surface area contributed by atoms with Gasteiger partial charge in [0.25, 0.3) is 0 Å². The summed E-state index contributed by atoms with van der Waals surface area (Å²) in [4.78, 5) is 8.04. The minimum absolute atomic E-state index is 0.236. The Labute approximate surface area is 99.9 Å². The SMILES string of the molecule is CC(C)n1cncc1C(O)c1cnccc1N. The van der Waals surface area contributed by atoms with Crippen LogP contribution in [0.3, 0.4) is 0 Å². The number of imidazole rings is 1. The molecule has 0 aliphatic carbocycles. The molecule has 0 radical (unpaired) electrons. The number of aliphatic hydroxyl groups excluding tert-OH is 1. The molecular weight excluding hydrogens is 216 g/mol. The Bertz CT molecular complexity index is 507. The molecule has 17 heavy (non-hydrogen) atoms. The number of aliphatic hydroxyl groups is 1. The van der Waals surface area contributed by atoms with Gasteiger partial charge < -0.3 is 15.4 Å². The van der Waals surface area contributed by atoms with E-state index in [0.717, 1.165) is 5.69 Å². The zero-order valence-electron chi connectivity index (χ0n) is 9.91. The minimum atomic E-state index is -0.798. The van der Waals surface area contributed by atoms with Gasteiger partial charge >= 0.3 is 0 Å². The molecule has 1 unspecified atom stereocenters. The standard InChI is InChI=1S/C12H16N4O/c1-8(2)16-7-15-6-11(16)12(17)9-5-14-4-3-10(9)13/h3-8,12,17H,1-2H3,(H2,13,14). The molecule has 0 saturated carbocycles. The molecule has 0 aromatic carbocycles. The zero-order valence-corrected chi connectivity index (χ0v) is 9.91. The summed E-state index contributed by atoms with van der Waals surface area (Å²) >= 11 is 0. The Kier molecular flexibility index (Phi) is 3.10. The lowest BCUT2D eigenvalue weighted by Gasteiger charge is -2.17. The molecule has 0 aliphatic rings. The van der Waals surface area contributed by atoms with Crippen LogP contribution in [0.4, 0.5) is 5.69 Å². The molecule has 1 atom stereocenters. The van der Waals surface area contributed by atoms with E-state index < -0.39 is 6.10 Å². The van der Waals surface area contributed by atoms with E-state index in [0.29, 0.717) is 11.3 Å². The van der Waals surface area contributed by atoms with Crippen LogP contribution in [0.1, 0.15) is 37.3 Å². The Hall–Kier alpha value is -1.88. The van der Waals surface area contributed by atoms with Crippen molar-refractivity contribution in [2.45, 2.75) is 26.0 Å². The predicted octanol–water partition coefficient (Wildman–Crippen LogP) is 1.52. The van der Waals surface area contributed by atoms with Gasteiger partial charge in [-0.05, 0) is 19.9 Å². The van der Waals surface area contributed by atoms with E-state index in [1.165, 1.54) is 0 Å². The summed E-state index contributed by atoms with van der Waals surface area (Å²) < 4.78 is 1.91. The van der Waals surface area contributed by atoms with Crippen molar-refractivity contribution in [2.24, 2.45) is 0 Å². The molecule has 90 valence electrons. The van der Waals surface area contributed by atoms with Gasteiger partial charge in [0.05, 0.1) is 18.2 Å². The Morgan fingerprint density at radius 3 is 2.71 bits per heavy atom. The van der Waals surface area contributed by atoms with E-state index >= 15 is 0 Å². The molecule has 3 N–H and O–H groups in total. The quantitative estimate of drug-likeness (QED) is 0.841. The van der Waals surface area contributed by atoms with Gasteiger partial charge in [0.1, 0.15) is 6.10 Å². The second-order valence-corrected chi connectivity index (χ2v) is 4.23. The van der Waals surface area contributed by atoms with Gasteiger partial charge in [-0.1, -0.05) is 0 Å². The van der Waals surface area contributed by atoms with Crippen LogP contribution in [0, 0.1) is 0 Å². The predicted molar refractivity (Wildman–Crippen MR) is 65.3 cm³/mol. The summed E-state index contributed by atoms with van der Waals surface area (Å²) in [5, 5.41) is 10.3. The monoisotopic (exact) mass is 232 g/mol. The van der Waals surface area contributed by atoms with Crippen molar-refractivity contribution in [3.05, 3.63) is 42.2 Å². The van der Waals surface area contributed by atoms with Crippen LogP contribution in [-0.2, 0) is 0 Å². The molecule has 2 rings (SSSR count). The van der Waals surface area contributed by atoms with E-state index in [9.17, 15) is 5.11 Å². The number of hydrogen-bond donors (Lipinski definition) is 2. The van der Waals surface area contributed by atoms with E-state index in [2.05, 4.69) is 9.97 Å². The van der Waals surface area contributed by atoms with Crippen LogP contribution >= 0.6 is 0 Å². The van der Waals surface area contributed by atoms with Crippen LogP contribution in [0.5, 0.6) is 0 Å². The van der Waals surface area contributed by atoms with Gasteiger partial charge in [0.15, 0.2) is 0 Å². The number of nitrogen functional groups attached to an aromatic ring is 1. The maximum atomic E-state index is 10.3. The van der Waals surface area contributed by atoms with Gasteiger partial charge in [-0.15, -0.1) is 0 Å². The number of rotatable bonds is 3. The first-order chi connectivity index (χ1) is 8.11. The molecule has 0 aliphatic heterocycles. The van der Waals surface area contributed by atoms with Gasteiger partial charge in [-0.2, -0.15) is 0 Å². The first-order valence-electron chi connectivity index (χ1n) is 5.50. The van der Waals surface area contributed by atoms with Gasteiger partial charge in [-0.25, -0.2) is 4.98 Å². The number of pyridine rings is 1. The highest BCUT2D eigenvalue weighted by Crippen LogP contribution is 2.26. The first-order valence-corrected chi connectivity index (χ1v) is 5.50. The summed E-state index contributed by atoms with van der Waals surface area (Å²) in [6.07, 6.45) is 5.74. The molecule has 2 heterocycles. The summed E-state index contributed by atoms with van der Waals surface area (Å²) in [7, 11) is 0. The fourth-order valence-corrected chi connectivity index (χ4v) is 1.76. The fourth-order valence-electron chi connectivity index (χ4n) is 1.76. The second-order valence-electron chi connectivity index (χ2n) is 4.23. The van der Waals surface area contributed by atoms with Crippen LogP contribution < -0.4 is 5.73 Å². The van der Waals surface area contributed by atoms with Crippen molar-refractivity contribution in [2.75, 3.05) is 5.73 Å². The highest BCUT2D eigenvalue weighted by atomic mass is 16.3. The van der Waals surface area contributed by atoms with Crippen molar-refractivity contribution >= 4 is 5.69 Å². The lowest BCUT2D eigenvalue weighted by molar-refractivity contribution is 0.208. The van der Waals surface area contributed by atoms with Gasteiger partial charge in [0, 0.05) is 29.7 Å². The lowest BCUT2D eigenvalue weighted by Crippen LogP contribution is -2.11. The molecule has 5 heteroatoms. The first kappa shape index (κ1) is 11.6. The Morgan fingerprint density at radius 1 is 1.29 bits per heavy atom. The largest absolute Gasteiger partial charge is 0.398 e. The molecule has 0 spiro atoms. The third-order valence-corrected chi connectivity index (χ3v) is 2.71. The van der Waals surface area contributed by atoms with Crippen molar-refractivity contribution < 1.29 is 5.11 Å². The number of hydrogen-bond acceptors (Lipinski definition) is 4. The molecule has 2 aromatic rings. The molecule has 0 bridgehead atoms. The normalized spacial score (nSPS) is 12.9. The summed E-state index contributed by atoms with van der Waals surface area (Å²) in [5.74, 6) is 0. The van der Waals surface area contributed by atoms with Crippen LogP contribution in [-0.4, -0.2) is 19.6 Å². The van der Waals surface area contributed by atoms with Crippen molar-refractivity contribution in [3.8, 4) is 0 Å². The van der Waals surface area contributed by atoms with Crippen LogP contribution in [0.15, 0.2) is 31.0 Å². The molecular formula is C12H16N4O. The van der Waals surface area contributed by atoms with E-state index in [1.807, 2.05) is 18.4 Å². The number of aromatic nitrogens is 3. The summed E-state index contributed by atoms with van der Waals surface area (Å²) in [6.45, 7) is 4.06. The highest BCUT2D eigenvalue weighted by molar-refractivity contribution is 5.47. The third kappa shape index (κ3) is 2.14. The summed E-state index contributed by atoms with van der Waals surface area (Å²) in [6, 6.07) is 1.91. The lowest BCUT2D eigenvalue weighted by atomic mass is 10.1. The molecule has 0 saturated heterocycles. The molecule has 5 nitrogen and oxygen atoms in total. The van der Waals surface area contributed by atoms with Crippen molar-refractivity contribution in [1.82, 2.24) is 14.5 Å². The molecule has 0 amide bonds. The Morgan fingerprint density at radius 2 is 2.06 bits per heavy atom. The maximum Gasteiger partial charge on any atom is 0.124 e. The molecule has 0 fully saturated rings. The van der Waals surface area contributed by atoms with E-state index in [-0.39, 0.29) is 6.04 Å². The smallest absolute Gasteiger partial charge is 0.124 e. The Balaban J connectivity index is 2.41. The zero-order chi connectivity index (χ0) is 12.4. The third-order valence-electron chi connectivity index (χ3n) is 2.71. The number of nitrogens with zero attached hydrogens (tertiary/aromatic N) is 3. The number of anilines is 1. The maximum absolute atomic E-state index is 10.3. The van der Waals surface area contributed by atoms with Crippen molar-refractivity contribution in [3.63, 3.8) is 0 Å². The number of nitrogens with two attached hydrogens (primary N) is 1. The summed E-state index contributed by atoms with van der Waals surface area (Å²) in [5.41, 5.74) is 7.68. The van der Waals surface area contributed by atoms with E-state index in [1.54, 1.807) is 31.0 Å². The van der Waals surface area contributed by atoms with Crippen molar-refractivity contribution in [1.29, 1.82) is 0 Å². The average molecular weight is 232 g/mol. The highest BCUT2D eigenvalue weighted by Gasteiger charge is 2.18. The van der Waals surface area contributed by atoms with Gasteiger partial charge in [-0.3, -0.25) is 4.98 Å². The second kappa shape index (κ2) is 4.55. The van der Waals surface area contributed by atoms with Gasteiger partial charge in [0.2, 0.25) is 0 Å². The minimum Gasteiger partial charge on any atom is -0.398 e. The average Bonchev–Trinajstić information content (AvgIpc) is 2.77.